The summed E-state index contributed by atoms with van der Waals surface area (Å²) in [5.74, 6) is 1.48. The first-order valence-corrected chi connectivity index (χ1v) is 6.08. The van der Waals surface area contributed by atoms with E-state index in [1.165, 1.54) is 0 Å². The molecule has 96 valence electrons. The van der Waals surface area contributed by atoms with Gasteiger partial charge in [0.05, 0.1) is 16.9 Å². The number of aromatic nitrogens is 4. The van der Waals surface area contributed by atoms with Gasteiger partial charge in [0.2, 0.25) is 5.95 Å². The highest BCUT2D eigenvalue weighted by Gasteiger charge is 2.08. The standard InChI is InChI=1S/C11H15ClN6/c1-3-4-14-9-5-10(16-11(13)15-9)18-6-8(12)7(2)17-18/h5-6H,3-4H2,1-2H3,(H3,13,14,15,16). The molecular formula is C11H15ClN6. The lowest BCUT2D eigenvalue weighted by Gasteiger charge is -2.07. The molecule has 0 saturated carbocycles. The number of hydrogen-bond acceptors (Lipinski definition) is 5. The van der Waals surface area contributed by atoms with E-state index in [1.54, 1.807) is 16.9 Å². The average molecular weight is 267 g/mol. The van der Waals surface area contributed by atoms with Gasteiger partial charge in [0, 0.05) is 12.6 Å². The lowest BCUT2D eigenvalue weighted by molar-refractivity contribution is 0.828. The van der Waals surface area contributed by atoms with Crippen molar-refractivity contribution in [1.29, 1.82) is 0 Å². The Morgan fingerprint density at radius 1 is 1.44 bits per heavy atom. The number of nitrogens with zero attached hydrogens (tertiary/aromatic N) is 4. The Morgan fingerprint density at radius 3 is 2.83 bits per heavy atom. The van der Waals surface area contributed by atoms with Crippen molar-refractivity contribution in [3.8, 4) is 5.82 Å². The molecule has 3 N–H and O–H groups in total. The van der Waals surface area contributed by atoms with Crippen LogP contribution >= 0.6 is 11.6 Å². The van der Waals surface area contributed by atoms with Crippen LogP contribution in [-0.4, -0.2) is 26.3 Å². The van der Waals surface area contributed by atoms with Crippen molar-refractivity contribution in [3.63, 3.8) is 0 Å². The van der Waals surface area contributed by atoms with Gasteiger partial charge in [0.15, 0.2) is 5.82 Å². The molecule has 0 unspecified atom stereocenters. The van der Waals surface area contributed by atoms with Crippen LogP contribution in [0.4, 0.5) is 11.8 Å². The fourth-order valence-electron chi connectivity index (χ4n) is 1.47. The largest absolute Gasteiger partial charge is 0.370 e. The van der Waals surface area contributed by atoms with Crippen molar-refractivity contribution in [2.24, 2.45) is 0 Å². The van der Waals surface area contributed by atoms with Gasteiger partial charge >= 0.3 is 0 Å². The van der Waals surface area contributed by atoms with Gasteiger partial charge < -0.3 is 11.1 Å². The number of hydrogen-bond donors (Lipinski definition) is 2. The van der Waals surface area contributed by atoms with Gasteiger partial charge in [-0.3, -0.25) is 0 Å². The van der Waals surface area contributed by atoms with Crippen LogP contribution in [0.25, 0.3) is 5.82 Å². The summed E-state index contributed by atoms with van der Waals surface area (Å²) < 4.78 is 1.59. The summed E-state index contributed by atoms with van der Waals surface area (Å²) in [6.45, 7) is 4.74. The highest BCUT2D eigenvalue weighted by atomic mass is 35.5. The molecule has 2 rings (SSSR count). The van der Waals surface area contributed by atoms with Gasteiger partial charge in [-0.25, -0.2) is 4.68 Å². The average Bonchev–Trinajstić information content (AvgIpc) is 2.66. The zero-order valence-electron chi connectivity index (χ0n) is 10.3. The Labute approximate surface area is 110 Å². The zero-order valence-corrected chi connectivity index (χ0v) is 11.1. The molecule has 6 nitrogen and oxygen atoms in total. The Balaban J connectivity index is 2.35. The first-order valence-electron chi connectivity index (χ1n) is 5.70. The third kappa shape index (κ3) is 2.70. The zero-order chi connectivity index (χ0) is 13.1. The smallest absolute Gasteiger partial charge is 0.224 e. The summed E-state index contributed by atoms with van der Waals surface area (Å²) in [5.41, 5.74) is 6.42. The van der Waals surface area contributed by atoms with E-state index in [-0.39, 0.29) is 5.95 Å². The molecule has 0 bridgehead atoms. The van der Waals surface area contributed by atoms with Crippen molar-refractivity contribution in [2.45, 2.75) is 20.3 Å². The fraction of sp³-hybridized carbons (Fsp3) is 0.364. The summed E-state index contributed by atoms with van der Waals surface area (Å²) in [6.07, 6.45) is 2.70. The monoisotopic (exact) mass is 266 g/mol. The molecule has 0 radical (unpaired) electrons. The third-order valence-electron chi connectivity index (χ3n) is 2.36. The van der Waals surface area contributed by atoms with Gasteiger partial charge in [0.1, 0.15) is 5.82 Å². The van der Waals surface area contributed by atoms with E-state index in [1.807, 2.05) is 6.92 Å². The highest BCUT2D eigenvalue weighted by molar-refractivity contribution is 6.31. The molecule has 18 heavy (non-hydrogen) atoms. The van der Waals surface area contributed by atoms with E-state index in [0.717, 1.165) is 18.7 Å². The minimum Gasteiger partial charge on any atom is -0.370 e. The number of nitrogens with two attached hydrogens (primary N) is 1. The Morgan fingerprint density at radius 2 is 2.22 bits per heavy atom. The molecule has 0 aliphatic carbocycles. The SMILES string of the molecule is CCCNc1cc(-n2cc(Cl)c(C)n2)nc(N)n1. The van der Waals surface area contributed by atoms with Crippen LogP contribution in [0.1, 0.15) is 19.0 Å². The lowest BCUT2D eigenvalue weighted by atomic mass is 10.4. The number of halogens is 1. The second kappa shape index (κ2) is 5.22. The van der Waals surface area contributed by atoms with E-state index >= 15 is 0 Å². The predicted octanol–water partition coefficient (Wildman–Crippen LogP) is 2.03. The van der Waals surface area contributed by atoms with Crippen molar-refractivity contribution in [3.05, 3.63) is 23.0 Å². The Bertz CT molecular complexity index is 531. The molecule has 2 aromatic rings. The second-order valence-corrected chi connectivity index (χ2v) is 4.31. The maximum atomic E-state index is 5.97. The summed E-state index contributed by atoms with van der Waals surface area (Å²) in [5, 5.41) is 8.01. The van der Waals surface area contributed by atoms with Gasteiger partial charge in [0.25, 0.3) is 0 Å². The number of anilines is 2. The molecule has 0 saturated heterocycles. The van der Waals surface area contributed by atoms with Crippen LogP contribution in [0.15, 0.2) is 12.3 Å². The third-order valence-corrected chi connectivity index (χ3v) is 2.73. The minimum absolute atomic E-state index is 0.204. The molecule has 0 aliphatic rings. The van der Waals surface area contributed by atoms with Crippen molar-refractivity contribution < 1.29 is 0 Å². The molecule has 2 aromatic heterocycles. The molecule has 0 fully saturated rings. The number of nitrogen functional groups attached to an aromatic ring is 1. The molecule has 0 aliphatic heterocycles. The maximum absolute atomic E-state index is 5.97. The Hall–Kier alpha value is -1.82. The fourth-order valence-corrected chi connectivity index (χ4v) is 1.60. The molecule has 0 aromatic carbocycles. The van der Waals surface area contributed by atoms with E-state index in [2.05, 4.69) is 27.3 Å². The Kier molecular flexibility index (Phi) is 3.66. The van der Waals surface area contributed by atoms with Crippen LogP contribution in [0.5, 0.6) is 0 Å². The van der Waals surface area contributed by atoms with Crippen LogP contribution in [0, 0.1) is 6.92 Å². The number of aryl methyl sites for hydroxylation is 1. The van der Waals surface area contributed by atoms with Crippen LogP contribution in [-0.2, 0) is 0 Å². The van der Waals surface area contributed by atoms with Gasteiger partial charge in [-0.15, -0.1) is 0 Å². The summed E-state index contributed by atoms with van der Waals surface area (Å²) in [6, 6.07) is 1.79. The second-order valence-electron chi connectivity index (χ2n) is 3.90. The molecule has 7 heteroatoms. The van der Waals surface area contributed by atoms with E-state index in [4.69, 9.17) is 17.3 Å². The maximum Gasteiger partial charge on any atom is 0.224 e. The predicted molar refractivity (Wildman–Crippen MR) is 72.1 cm³/mol. The van der Waals surface area contributed by atoms with Gasteiger partial charge in [-0.1, -0.05) is 18.5 Å². The van der Waals surface area contributed by atoms with E-state index in [9.17, 15) is 0 Å². The summed E-state index contributed by atoms with van der Waals surface area (Å²) in [4.78, 5) is 8.24. The number of rotatable bonds is 4. The lowest BCUT2D eigenvalue weighted by Crippen LogP contribution is -2.08. The summed E-state index contributed by atoms with van der Waals surface area (Å²) >= 11 is 5.97. The topological polar surface area (TPSA) is 81.7 Å². The van der Waals surface area contributed by atoms with Crippen molar-refractivity contribution >= 4 is 23.4 Å². The highest BCUT2D eigenvalue weighted by Crippen LogP contribution is 2.17. The number of nitrogens with one attached hydrogen (secondary N) is 1. The molecule has 0 amide bonds. The molecule has 0 atom stereocenters. The van der Waals surface area contributed by atoms with Gasteiger partial charge in [-0.2, -0.15) is 15.1 Å². The van der Waals surface area contributed by atoms with Crippen LogP contribution in [0.2, 0.25) is 5.02 Å². The van der Waals surface area contributed by atoms with E-state index < -0.39 is 0 Å². The first-order chi connectivity index (χ1) is 8.60. The van der Waals surface area contributed by atoms with Crippen LogP contribution < -0.4 is 11.1 Å². The quantitative estimate of drug-likeness (QED) is 0.885. The molecule has 0 spiro atoms. The minimum atomic E-state index is 0.204. The summed E-state index contributed by atoms with van der Waals surface area (Å²) in [7, 11) is 0. The van der Waals surface area contributed by atoms with E-state index in [0.29, 0.717) is 16.7 Å². The van der Waals surface area contributed by atoms with Crippen molar-refractivity contribution in [1.82, 2.24) is 19.7 Å². The molecular weight excluding hydrogens is 252 g/mol. The van der Waals surface area contributed by atoms with Crippen molar-refractivity contribution in [2.75, 3.05) is 17.6 Å². The normalized spacial score (nSPS) is 10.6. The molecule has 2 heterocycles. The van der Waals surface area contributed by atoms with Crippen LogP contribution in [0.3, 0.4) is 0 Å². The van der Waals surface area contributed by atoms with Gasteiger partial charge in [-0.05, 0) is 13.3 Å². The first kappa shape index (κ1) is 12.6.